The topological polar surface area (TPSA) is 0 Å². The van der Waals surface area contributed by atoms with Gasteiger partial charge in [-0.2, -0.15) is 0 Å². The summed E-state index contributed by atoms with van der Waals surface area (Å²) in [6.07, 6.45) is 4.46. The average molecular weight is 277 g/mol. The van der Waals surface area contributed by atoms with Crippen LogP contribution >= 0.6 is 0 Å². The van der Waals surface area contributed by atoms with Gasteiger partial charge in [-0.1, -0.05) is 58.0 Å². The average Bonchev–Trinajstić information content (AvgIpc) is 2.82. The van der Waals surface area contributed by atoms with E-state index < -0.39 is 0 Å². The molecule has 2 aromatic carbocycles. The summed E-state index contributed by atoms with van der Waals surface area (Å²) in [6.45, 7) is 8.97. The van der Waals surface area contributed by atoms with Gasteiger partial charge in [-0.05, 0) is 70.5 Å². The Morgan fingerprint density at radius 1 is 0.857 bits per heavy atom. The van der Waals surface area contributed by atoms with Crippen LogP contribution in [-0.4, -0.2) is 0 Å². The smallest absolute Gasteiger partial charge is 0.00133 e. The molecule has 0 fully saturated rings. The summed E-state index contributed by atoms with van der Waals surface area (Å²) >= 11 is 0. The van der Waals surface area contributed by atoms with Crippen molar-refractivity contribution in [1.82, 2.24) is 0 Å². The maximum Gasteiger partial charge on any atom is -0.00133 e. The maximum absolute atomic E-state index is 2.47. The molecule has 1 aliphatic rings. The summed E-state index contributed by atoms with van der Waals surface area (Å²) < 4.78 is 0. The van der Waals surface area contributed by atoms with Crippen LogP contribution in [-0.2, 0) is 25.7 Å². The van der Waals surface area contributed by atoms with Gasteiger partial charge in [0.15, 0.2) is 0 Å². The Morgan fingerprint density at radius 3 is 2.29 bits per heavy atom. The van der Waals surface area contributed by atoms with Crippen LogP contribution in [0.3, 0.4) is 0 Å². The first-order valence-corrected chi connectivity index (χ1v) is 8.18. The molecule has 0 saturated carbocycles. The number of aryl methyl sites for hydroxylation is 2. The molecular weight excluding hydrogens is 252 g/mol. The van der Waals surface area contributed by atoms with Gasteiger partial charge in [-0.15, -0.1) is 0 Å². The number of benzene rings is 2. The van der Waals surface area contributed by atoms with E-state index in [-0.39, 0.29) is 0 Å². The molecule has 0 bridgehead atoms. The molecule has 0 unspecified atom stereocenters. The fraction of sp³-hybridized carbons (Fsp3) is 0.381. The van der Waals surface area contributed by atoms with Crippen LogP contribution in [0.2, 0.25) is 0 Å². The third-order valence-corrected chi connectivity index (χ3v) is 4.60. The number of fused-ring (bicyclic) bond motifs is 3. The lowest BCUT2D eigenvalue weighted by Crippen LogP contribution is -1.99. The Morgan fingerprint density at radius 2 is 1.62 bits per heavy atom. The molecule has 0 saturated heterocycles. The molecular formula is C21H25. The largest absolute Gasteiger partial charge is 0.0613 e. The quantitative estimate of drug-likeness (QED) is 0.587. The highest BCUT2D eigenvalue weighted by Crippen LogP contribution is 2.39. The molecule has 2 aromatic rings. The van der Waals surface area contributed by atoms with Crippen molar-refractivity contribution in [3.8, 4) is 11.1 Å². The Bertz CT molecular complexity index is 662. The molecule has 0 nitrogen and oxygen atoms in total. The van der Waals surface area contributed by atoms with Crippen LogP contribution in [0, 0.1) is 5.92 Å². The van der Waals surface area contributed by atoms with Crippen LogP contribution in [0.15, 0.2) is 30.3 Å². The highest BCUT2D eigenvalue weighted by atomic mass is 14.2. The summed E-state index contributed by atoms with van der Waals surface area (Å²) in [4.78, 5) is 0. The summed E-state index contributed by atoms with van der Waals surface area (Å²) in [7, 11) is 0. The third kappa shape index (κ3) is 2.64. The molecule has 0 spiro atoms. The van der Waals surface area contributed by atoms with Crippen molar-refractivity contribution in [2.45, 2.75) is 53.4 Å². The number of rotatable bonds is 4. The van der Waals surface area contributed by atoms with E-state index in [0.29, 0.717) is 0 Å². The Balaban J connectivity index is 2.09. The standard InChI is InChI=1S/C21H25/c1-5-15-7-8-17-11-19-12-18(9-14(3)4)16(6-2)13-21(19)20(17)10-15/h7-8,10,12-13H,5-6,9,11H2,1-4H3. The van der Waals surface area contributed by atoms with Crippen molar-refractivity contribution in [2.24, 2.45) is 0 Å². The van der Waals surface area contributed by atoms with Gasteiger partial charge in [0.25, 0.3) is 0 Å². The molecule has 0 N–H and O–H groups in total. The van der Waals surface area contributed by atoms with Gasteiger partial charge >= 0.3 is 0 Å². The fourth-order valence-corrected chi connectivity index (χ4v) is 3.47. The van der Waals surface area contributed by atoms with Crippen LogP contribution in [0.5, 0.6) is 0 Å². The molecule has 0 heteroatoms. The van der Waals surface area contributed by atoms with E-state index in [1.165, 1.54) is 44.9 Å². The SMILES string of the molecule is CCc1ccc2c(c1)-c1cc(CC)c(C[C](C)C)cc1C2. The van der Waals surface area contributed by atoms with Gasteiger partial charge in [-0.25, -0.2) is 0 Å². The zero-order valence-corrected chi connectivity index (χ0v) is 13.7. The fourth-order valence-electron chi connectivity index (χ4n) is 3.47. The summed E-state index contributed by atoms with van der Waals surface area (Å²) in [5.41, 5.74) is 10.5. The minimum Gasteiger partial charge on any atom is -0.0613 e. The Labute approximate surface area is 129 Å². The molecule has 1 radical (unpaired) electrons. The van der Waals surface area contributed by atoms with Crippen LogP contribution in [0.4, 0.5) is 0 Å². The van der Waals surface area contributed by atoms with E-state index >= 15 is 0 Å². The van der Waals surface area contributed by atoms with Crippen molar-refractivity contribution in [1.29, 1.82) is 0 Å². The van der Waals surface area contributed by atoms with Gasteiger partial charge in [0, 0.05) is 0 Å². The molecule has 0 aliphatic heterocycles. The van der Waals surface area contributed by atoms with Crippen molar-refractivity contribution in [3.63, 3.8) is 0 Å². The second kappa shape index (κ2) is 5.67. The molecule has 0 amide bonds. The molecule has 21 heavy (non-hydrogen) atoms. The highest BCUT2D eigenvalue weighted by Gasteiger charge is 2.20. The first-order chi connectivity index (χ1) is 10.1. The van der Waals surface area contributed by atoms with E-state index in [2.05, 4.69) is 58.0 Å². The zero-order valence-electron chi connectivity index (χ0n) is 13.7. The van der Waals surface area contributed by atoms with E-state index in [1.807, 2.05) is 0 Å². The zero-order chi connectivity index (χ0) is 15.0. The van der Waals surface area contributed by atoms with Gasteiger partial charge in [0.2, 0.25) is 0 Å². The maximum atomic E-state index is 2.47. The van der Waals surface area contributed by atoms with E-state index in [9.17, 15) is 0 Å². The van der Waals surface area contributed by atoms with Gasteiger partial charge in [0.1, 0.15) is 0 Å². The molecule has 109 valence electrons. The van der Waals surface area contributed by atoms with Crippen LogP contribution in [0.25, 0.3) is 11.1 Å². The molecule has 0 heterocycles. The van der Waals surface area contributed by atoms with Crippen molar-refractivity contribution < 1.29 is 0 Å². The van der Waals surface area contributed by atoms with E-state index in [4.69, 9.17) is 0 Å². The predicted molar refractivity (Wildman–Crippen MR) is 91.7 cm³/mol. The van der Waals surface area contributed by atoms with Crippen molar-refractivity contribution in [2.75, 3.05) is 0 Å². The van der Waals surface area contributed by atoms with Gasteiger partial charge in [-0.3, -0.25) is 0 Å². The van der Waals surface area contributed by atoms with E-state index in [0.717, 1.165) is 25.7 Å². The summed E-state index contributed by atoms with van der Waals surface area (Å²) in [6, 6.07) is 11.9. The second-order valence-electron chi connectivity index (χ2n) is 6.54. The monoisotopic (exact) mass is 277 g/mol. The first-order valence-electron chi connectivity index (χ1n) is 8.18. The number of hydrogen-bond acceptors (Lipinski definition) is 0. The lowest BCUT2D eigenvalue weighted by Gasteiger charge is -2.13. The molecule has 3 rings (SSSR count). The second-order valence-corrected chi connectivity index (χ2v) is 6.54. The van der Waals surface area contributed by atoms with E-state index in [1.54, 1.807) is 0 Å². The minimum atomic E-state index is 1.11. The lowest BCUT2D eigenvalue weighted by molar-refractivity contribution is 0.929. The molecule has 0 atom stereocenters. The van der Waals surface area contributed by atoms with Gasteiger partial charge in [0.05, 0.1) is 0 Å². The normalized spacial score (nSPS) is 12.6. The Hall–Kier alpha value is -1.56. The highest BCUT2D eigenvalue weighted by molar-refractivity contribution is 5.78. The molecule has 1 aliphatic carbocycles. The van der Waals surface area contributed by atoms with Crippen LogP contribution < -0.4 is 0 Å². The molecule has 0 aromatic heterocycles. The van der Waals surface area contributed by atoms with Crippen molar-refractivity contribution >= 4 is 0 Å². The minimum absolute atomic E-state index is 1.11. The van der Waals surface area contributed by atoms with Gasteiger partial charge < -0.3 is 0 Å². The van der Waals surface area contributed by atoms with Crippen LogP contribution in [0.1, 0.15) is 55.5 Å². The first kappa shape index (κ1) is 14.4. The summed E-state index contributed by atoms with van der Waals surface area (Å²) in [5.74, 6) is 1.49. The lowest BCUT2D eigenvalue weighted by atomic mass is 9.91. The number of hydrogen-bond donors (Lipinski definition) is 0. The Kier molecular flexibility index (Phi) is 3.89. The third-order valence-electron chi connectivity index (χ3n) is 4.60. The summed E-state index contributed by atoms with van der Waals surface area (Å²) in [5, 5.41) is 0. The predicted octanol–water partition coefficient (Wildman–Crippen LogP) is 5.54. The van der Waals surface area contributed by atoms with Crippen molar-refractivity contribution in [3.05, 3.63) is 64.1 Å².